The Labute approximate surface area is 164 Å². The molecule has 1 N–H and O–H groups in total. The second-order valence-corrected chi connectivity index (χ2v) is 7.14. The van der Waals surface area contributed by atoms with Crippen LogP contribution in [-0.2, 0) is 0 Å². The summed E-state index contributed by atoms with van der Waals surface area (Å²) in [5.41, 5.74) is 4.20. The molecular weight excluding hydrogens is 353 g/mol. The van der Waals surface area contributed by atoms with Crippen molar-refractivity contribution < 1.29 is 4.39 Å². The second kappa shape index (κ2) is 7.84. The molecule has 0 aliphatic carbocycles. The molecule has 3 aromatic rings. The minimum Gasteiger partial charge on any atom is -0.368 e. The number of benzene rings is 2. The molecular formula is C22H24FN5. The van der Waals surface area contributed by atoms with Gasteiger partial charge in [-0.25, -0.2) is 9.37 Å². The molecule has 5 nitrogen and oxygen atoms in total. The number of anilines is 4. The molecule has 0 unspecified atom stereocenters. The third-order valence-corrected chi connectivity index (χ3v) is 4.89. The first-order valence-corrected chi connectivity index (χ1v) is 9.52. The monoisotopic (exact) mass is 377 g/mol. The van der Waals surface area contributed by atoms with Gasteiger partial charge < -0.3 is 15.1 Å². The molecule has 28 heavy (non-hydrogen) atoms. The maximum atomic E-state index is 13.1. The smallest absolute Gasteiger partial charge is 0.227 e. The van der Waals surface area contributed by atoms with Crippen molar-refractivity contribution in [2.75, 3.05) is 41.3 Å². The lowest BCUT2D eigenvalue weighted by molar-refractivity contribution is 0.623. The summed E-state index contributed by atoms with van der Waals surface area (Å²) in [5, 5.41) is 3.38. The van der Waals surface area contributed by atoms with Crippen LogP contribution in [-0.4, -0.2) is 36.1 Å². The molecule has 1 aromatic heterocycles. The largest absolute Gasteiger partial charge is 0.368 e. The van der Waals surface area contributed by atoms with Gasteiger partial charge in [-0.2, -0.15) is 4.98 Å². The molecule has 0 saturated carbocycles. The number of nitrogens with one attached hydrogen (secondary N) is 1. The van der Waals surface area contributed by atoms with Crippen LogP contribution in [0.5, 0.6) is 0 Å². The zero-order valence-corrected chi connectivity index (χ0v) is 16.2. The van der Waals surface area contributed by atoms with Crippen LogP contribution in [0, 0.1) is 19.7 Å². The van der Waals surface area contributed by atoms with Crippen LogP contribution in [0.15, 0.2) is 54.6 Å². The molecule has 1 aliphatic rings. The fourth-order valence-corrected chi connectivity index (χ4v) is 3.45. The lowest BCUT2D eigenvalue weighted by Crippen LogP contribution is -2.47. The summed E-state index contributed by atoms with van der Waals surface area (Å²) in [5.74, 6) is 1.34. The topological polar surface area (TPSA) is 44.3 Å². The van der Waals surface area contributed by atoms with Crippen molar-refractivity contribution in [2.24, 2.45) is 0 Å². The Balaban J connectivity index is 1.46. The Morgan fingerprint density at radius 3 is 2.29 bits per heavy atom. The molecule has 2 aromatic carbocycles. The number of nitrogens with zero attached hydrogens (tertiary/aromatic N) is 4. The SMILES string of the molecule is Cc1cccc(Nc2cc(C)nc(N3CCN(c4ccc(F)cc4)CC3)n2)c1. The minimum absolute atomic E-state index is 0.204. The number of hydrogen-bond acceptors (Lipinski definition) is 5. The normalized spacial score (nSPS) is 14.2. The van der Waals surface area contributed by atoms with Crippen LogP contribution in [0.4, 0.5) is 27.5 Å². The molecule has 1 saturated heterocycles. The summed E-state index contributed by atoms with van der Waals surface area (Å²) in [6.45, 7) is 7.41. The van der Waals surface area contributed by atoms with Crippen molar-refractivity contribution in [3.63, 3.8) is 0 Å². The van der Waals surface area contributed by atoms with Gasteiger partial charge >= 0.3 is 0 Å². The Morgan fingerprint density at radius 2 is 1.57 bits per heavy atom. The Hall–Kier alpha value is -3.15. The number of aryl methyl sites for hydroxylation is 2. The quantitative estimate of drug-likeness (QED) is 0.734. The molecule has 0 atom stereocenters. The molecule has 2 heterocycles. The standard InChI is InChI=1S/C22H24FN5/c1-16-4-3-5-19(14-16)25-21-15-17(2)24-22(26-21)28-12-10-27(11-13-28)20-8-6-18(23)7-9-20/h3-9,14-15H,10-13H2,1-2H3,(H,24,25,26). The van der Waals surface area contributed by atoms with E-state index in [1.165, 1.54) is 17.7 Å². The van der Waals surface area contributed by atoms with Crippen molar-refractivity contribution >= 4 is 23.1 Å². The third-order valence-electron chi connectivity index (χ3n) is 4.89. The summed E-state index contributed by atoms with van der Waals surface area (Å²) in [6.07, 6.45) is 0. The first-order chi connectivity index (χ1) is 13.6. The predicted molar refractivity (Wildman–Crippen MR) is 112 cm³/mol. The van der Waals surface area contributed by atoms with Crippen molar-refractivity contribution in [3.05, 3.63) is 71.7 Å². The molecule has 1 fully saturated rings. The molecule has 0 spiro atoms. The van der Waals surface area contributed by atoms with Crippen molar-refractivity contribution in [1.82, 2.24) is 9.97 Å². The van der Waals surface area contributed by atoms with Gasteiger partial charge in [0.25, 0.3) is 0 Å². The molecule has 144 valence electrons. The van der Waals surface area contributed by atoms with Crippen LogP contribution < -0.4 is 15.1 Å². The van der Waals surface area contributed by atoms with Gasteiger partial charge in [-0.3, -0.25) is 0 Å². The van der Waals surface area contributed by atoms with Crippen LogP contribution in [0.2, 0.25) is 0 Å². The van der Waals surface area contributed by atoms with Crippen LogP contribution in [0.25, 0.3) is 0 Å². The number of hydrogen-bond donors (Lipinski definition) is 1. The molecule has 4 rings (SSSR count). The van der Waals surface area contributed by atoms with Gasteiger partial charge in [0, 0.05) is 49.3 Å². The maximum absolute atomic E-state index is 13.1. The predicted octanol–water partition coefficient (Wildman–Crippen LogP) is 4.30. The van der Waals surface area contributed by atoms with Gasteiger partial charge in [0.15, 0.2) is 0 Å². The number of piperazine rings is 1. The highest BCUT2D eigenvalue weighted by Gasteiger charge is 2.20. The van der Waals surface area contributed by atoms with Gasteiger partial charge in [0.05, 0.1) is 0 Å². The van der Waals surface area contributed by atoms with E-state index in [1.54, 1.807) is 0 Å². The van der Waals surface area contributed by atoms with E-state index in [4.69, 9.17) is 4.98 Å². The summed E-state index contributed by atoms with van der Waals surface area (Å²) in [6, 6.07) is 16.9. The van der Waals surface area contributed by atoms with Crippen molar-refractivity contribution in [1.29, 1.82) is 0 Å². The van der Waals surface area contributed by atoms with E-state index in [1.807, 2.05) is 37.3 Å². The molecule has 1 aliphatic heterocycles. The van der Waals surface area contributed by atoms with Crippen LogP contribution in [0.1, 0.15) is 11.3 Å². The highest BCUT2D eigenvalue weighted by Crippen LogP contribution is 2.22. The summed E-state index contributed by atoms with van der Waals surface area (Å²) >= 11 is 0. The van der Waals surface area contributed by atoms with E-state index in [-0.39, 0.29) is 5.82 Å². The molecule has 0 radical (unpaired) electrons. The average Bonchev–Trinajstić information content (AvgIpc) is 2.68. The van der Waals surface area contributed by atoms with E-state index in [9.17, 15) is 4.39 Å². The number of halogens is 1. The fourth-order valence-electron chi connectivity index (χ4n) is 3.45. The Kier molecular flexibility index (Phi) is 5.10. The lowest BCUT2D eigenvalue weighted by Gasteiger charge is -2.36. The zero-order chi connectivity index (χ0) is 19.5. The summed E-state index contributed by atoms with van der Waals surface area (Å²) in [4.78, 5) is 13.8. The maximum Gasteiger partial charge on any atom is 0.227 e. The van der Waals surface area contributed by atoms with E-state index < -0.39 is 0 Å². The van der Waals surface area contributed by atoms with E-state index in [0.29, 0.717) is 0 Å². The average molecular weight is 377 g/mol. The molecule has 0 amide bonds. The van der Waals surface area contributed by atoms with Crippen LogP contribution >= 0.6 is 0 Å². The van der Waals surface area contributed by atoms with Gasteiger partial charge in [-0.15, -0.1) is 0 Å². The first-order valence-electron chi connectivity index (χ1n) is 9.52. The second-order valence-electron chi connectivity index (χ2n) is 7.14. The summed E-state index contributed by atoms with van der Waals surface area (Å²) < 4.78 is 13.1. The highest BCUT2D eigenvalue weighted by molar-refractivity contribution is 5.59. The Bertz CT molecular complexity index is 949. The molecule has 0 bridgehead atoms. The first kappa shape index (κ1) is 18.2. The van der Waals surface area contributed by atoms with E-state index in [0.717, 1.165) is 55.0 Å². The highest BCUT2D eigenvalue weighted by atomic mass is 19.1. The minimum atomic E-state index is -0.204. The van der Waals surface area contributed by atoms with Gasteiger partial charge in [0.2, 0.25) is 5.95 Å². The molecule has 6 heteroatoms. The number of aromatic nitrogens is 2. The van der Waals surface area contributed by atoms with Gasteiger partial charge in [-0.1, -0.05) is 12.1 Å². The van der Waals surface area contributed by atoms with Crippen LogP contribution in [0.3, 0.4) is 0 Å². The lowest BCUT2D eigenvalue weighted by atomic mass is 10.2. The Morgan fingerprint density at radius 1 is 0.857 bits per heavy atom. The van der Waals surface area contributed by atoms with E-state index in [2.05, 4.69) is 39.2 Å². The van der Waals surface area contributed by atoms with Crippen molar-refractivity contribution in [2.45, 2.75) is 13.8 Å². The van der Waals surface area contributed by atoms with E-state index >= 15 is 0 Å². The van der Waals surface area contributed by atoms with Gasteiger partial charge in [-0.05, 0) is 55.8 Å². The van der Waals surface area contributed by atoms with Gasteiger partial charge in [0.1, 0.15) is 11.6 Å². The third kappa shape index (κ3) is 4.22. The summed E-state index contributed by atoms with van der Waals surface area (Å²) in [7, 11) is 0. The fraction of sp³-hybridized carbons (Fsp3) is 0.273. The number of rotatable bonds is 4. The zero-order valence-electron chi connectivity index (χ0n) is 16.2. The van der Waals surface area contributed by atoms with Crippen molar-refractivity contribution in [3.8, 4) is 0 Å².